The molecule has 1 unspecified atom stereocenters. The summed E-state index contributed by atoms with van der Waals surface area (Å²) in [5.74, 6) is -0.0303. The largest absolute Gasteiger partial charge is 0.339 e. The van der Waals surface area contributed by atoms with Crippen molar-refractivity contribution in [3.8, 4) is 0 Å². The lowest BCUT2D eigenvalue weighted by molar-refractivity contribution is -0.130. The number of carbonyl (C=O) groups is 1. The molecular weight excluding hydrogens is 324 g/mol. The van der Waals surface area contributed by atoms with Crippen molar-refractivity contribution in [2.45, 2.75) is 63.8 Å². The Bertz CT molecular complexity index is 686. The van der Waals surface area contributed by atoms with Crippen molar-refractivity contribution in [3.63, 3.8) is 0 Å². The van der Waals surface area contributed by atoms with Crippen molar-refractivity contribution in [3.05, 3.63) is 29.3 Å². The van der Waals surface area contributed by atoms with Gasteiger partial charge in [0.2, 0.25) is 15.9 Å². The first-order valence-electron chi connectivity index (χ1n) is 8.74. The molecule has 6 heteroatoms. The molecule has 1 atom stereocenters. The van der Waals surface area contributed by atoms with Crippen LogP contribution in [0.15, 0.2) is 23.1 Å². The van der Waals surface area contributed by atoms with Gasteiger partial charge in [0.05, 0.1) is 4.90 Å². The molecule has 2 rings (SSSR count). The average Bonchev–Trinajstić information content (AvgIpc) is 2.57. The predicted octanol–water partition coefficient (Wildman–Crippen LogP) is 2.49. The lowest BCUT2D eigenvalue weighted by Gasteiger charge is -2.27. The van der Waals surface area contributed by atoms with Gasteiger partial charge in [-0.05, 0) is 62.3 Å². The number of amides is 1. The molecule has 0 spiro atoms. The number of aryl methyl sites for hydroxylation is 2. The van der Waals surface area contributed by atoms with Crippen molar-refractivity contribution in [1.82, 2.24) is 9.62 Å². The van der Waals surface area contributed by atoms with Crippen LogP contribution in [0.5, 0.6) is 0 Å². The third kappa shape index (κ3) is 4.57. The quantitative estimate of drug-likeness (QED) is 0.820. The number of hydrogen-bond acceptors (Lipinski definition) is 3. The molecule has 0 saturated heterocycles. The van der Waals surface area contributed by atoms with E-state index < -0.39 is 10.0 Å². The van der Waals surface area contributed by atoms with Crippen LogP contribution in [-0.2, 0) is 27.7 Å². The summed E-state index contributed by atoms with van der Waals surface area (Å²) in [4.78, 5) is 13.7. The number of carbonyl (C=O) groups excluding carboxylic acids is 1. The molecule has 134 valence electrons. The van der Waals surface area contributed by atoms with Gasteiger partial charge in [0.1, 0.15) is 0 Å². The highest BCUT2D eigenvalue weighted by Crippen LogP contribution is 2.24. The Balaban J connectivity index is 2.02. The van der Waals surface area contributed by atoms with Gasteiger partial charge in [-0.2, -0.15) is 0 Å². The topological polar surface area (TPSA) is 66.5 Å². The van der Waals surface area contributed by atoms with Gasteiger partial charge in [-0.1, -0.05) is 13.0 Å². The molecule has 1 aromatic carbocycles. The van der Waals surface area contributed by atoms with E-state index in [-0.39, 0.29) is 18.5 Å². The van der Waals surface area contributed by atoms with Crippen molar-refractivity contribution in [2.24, 2.45) is 0 Å². The van der Waals surface area contributed by atoms with E-state index in [4.69, 9.17) is 0 Å². The second-order valence-corrected chi connectivity index (χ2v) is 8.27. The van der Waals surface area contributed by atoms with Gasteiger partial charge in [-0.25, -0.2) is 13.1 Å². The molecule has 0 aliphatic heterocycles. The number of nitrogens with zero attached hydrogens (tertiary/aromatic N) is 1. The van der Waals surface area contributed by atoms with Gasteiger partial charge in [0.25, 0.3) is 0 Å². The fourth-order valence-electron chi connectivity index (χ4n) is 3.17. The lowest BCUT2D eigenvalue weighted by atomic mass is 9.92. The maximum absolute atomic E-state index is 12.5. The van der Waals surface area contributed by atoms with Gasteiger partial charge in [0, 0.05) is 26.1 Å². The predicted molar refractivity (Wildman–Crippen MR) is 95.4 cm³/mol. The Hall–Kier alpha value is -1.40. The second-order valence-electron chi connectivity index (χ2n) is 6.51. The van der Waals surface area contributed by atoms with E-state index >= 15 is 0 Å². The standard InChI is InChI=1S/C18H28N2O3S/c1-4-14(2)20(15(3)21)12-11-19-24(22,23)18-10-9-16-7-5-6-8-17(16)13-18/h9-10,13-14,19H,4-8,11-12H2,1-3H3. The summed E-state index contributed by atoms with van der Waals surface area (Å²) in [5, 5.41) is 0. The van der Waals surface area contributed by atoms with E-state index in [1.807, 2.05) is 19.9 Å². The average molecular weight is 353 g/mol. The van der Waals surface area contributed by atoms with Gasteiger partial charge in [0.15, 0.2) is 0 Å². The number of benzene rings is 1. The molecule has 0 saturated carbocycles. The Labute approximate surface area is 145 Å². The Morgan fingerprint density at radius 3 is 2.54 bits per heavy atom. The normalized spacial score (nSPS) is 15.6. The molecule has 0 aromatic heterocycles. The molecule has 24 heavy (non-hydrogen) atoms. The summed E-state index contributed by atoms with van der Waals surface area (Å²) >= 11 is 0. The van der Waals surface area contributed by atoms with Gasteiger partial charge in [-0.15, -0.1) is 0 Å². The molecule has 0 radical (unpaired) electrons. The molecule has 0 fully saturated rings. The maximum atomic E-state index is 12.5. The first-order chi connectivity index (χ1) is 11.3. The minimum absolute atomic E-state index is 0.0303. The van der Waals surface area contributed by atoms with E-state index in [1.165, 1.54) is 18.9 Å². The van der Waals surface area contributed by atoms with E-state index in [2.05, 4.69) is 4.72 Å². The van der Waals surface area contributed by atoms with Crippen LogP contribution >= 0.6 is 0 Å². The summed E-state index contributed by atoms with van der Waals surface area (Å²) in [6.07, 6.45) is 5.12. The molecule has 1 aliphatic rings. The zero-order chi connectivity index (χ0) is 17.7. The van der Waals surface area contributed by atoms with Gasteiger partial charge >= 0.3 is 0 Å². The van der Waals surface area contributed by atoms with Crippen molar-refractivity contribution in [1.29, 1.82) is 0 Å². The van der Waals surface area contributed by atoms with Crippen molar-refractivity contribution < 1.29 is 13.2 Å². The van der Waals surface area contributed by atoms with Crippen molar-refractivity contribution in [2.75, 3.05) is 13.1 Å². The van der Waals surface area contributed by atoms with Crippen LogP contribution in [0.1, 0.15) is 51.2 Å². The minimum atomic E-state index is -3.54. The van der Waals surface area contributed by atoms with E-state index in [1.54, 1.807) is 17.0 Å². The first-order valence-corrected chi connectivity index (χ1v) is 10.2. The molecule has 0 heterocycles. The Kier molecular flexibility index (Phi) is 6.40. The number of fused-ring (bicyclic) bond motifs is 1. The summed E-state index contributed by atoms with van der Waals surface area (Å²) in [7, 11) is -3.54. The molecular formula is C18H28N2O3S. The molecule has 5 nitrogen and oxygen atoms in total. The summed E-state index contributed by atoms with van der Waals surface area (Å²) in [5.41, 5.74) is 2.41. The van der Waals surface area contributed by atoms with Crippen LogP contribution in [-0.4, -0.2) is 38.4 Å². The summed E-state index contributed by atoms with van der Waals surface area (Å²) < 4.78 is 27.6. The Morgan fingerprint density at radius 1 is 1.25 bits per heavy atom. The fourth-order valence-corrected chi connectivity index (χ4v) is 4.24. The Morgan fingerprint density at radius 2 is 1.92 bits per heavy atom. The fraction of sp³-hybridized carbons (Fsp3) is 0.611. The highest BCUT2D eigenvalue weighted by molar-refractivity contribution is 7.89. The third-order valence-corrected chi connectivity index (χ3v) is 6.26. The number of nitrogens with one attached hydrogen (secondary N) is 1. The van der Waals surface area contributed by atoms with Crippen LogP contribution in [0.25, 0.3) is 0 Å². The maximum Gasteiger partial charge on any atom is 0.240 e. The third-order valence-electron chi connectivity index (χ3n) is 4.80. The smallest absolute Gasteiger partial charge is 0.240 e. The molecule has 1 N–H and O–H groups in total. The molecule has 1 aliphatic carbocycles. The van der Waals surface area contributed by atoms with Crippen LogP contribution in [0.4, 0.5) is 0 Å². The van der Waals surface area contributed by atoms with Crippen LogP contribution < -0.4 is 4.72 Å². The number of sulfonamides is 1. The first kappa shape index (κ1) is 18.9. The highest BCUT2D eigenvalue weighted by Gasteiger charge is 2.19. The summed E-state index contributed by atoms with van der Waals surface area (Å²) in [6.45, 7) is 6.11. The zero-order valence-corrected chi connectivity index (χ0v) is 15.7. The van der Waals surface area contributed by atoms with Gasteiger partial charge < -0.3 is 4.90 Å². The molecule has 1 aromatic rings. The van der Waals surface area contributed by atoms with Crippen molar-refractivity contribution >= 4 is 15.9 Å². The zero-order valence-electron chi connectivity index (χ0n) is 14.8. The lowest BCUT2D eigenvalue weighted by Crippen LogP contribution is -2.42. The van der Waals surface area contributed by atoms with Gasteiger partial charge in [-0.3, -0.25) is 4.79 Å². The number of hydrogen-bond donors (Lipinski definition) is 1. The molecule has 0 bridgehead atoms. The SMILES string of the molecule is CCC(C)N(CCNS(=O)(=O)c1ccc2c(c1)CCCC2)C(C)=O. The van der Waals surface area contributed by atoms with Crippen LogP contribution in [0.2, 0.25) is 0 Å². The van der Waals surface area contributed by atoms with E-state index in [9.17, 15) is 13.2 Å². The highest BCUT2D eigenvalue weighted by atomic mass is 32.2. The minimum Gasteiger partial charge on any atom is -0.339 e. The van der Waals surface area contributed by atoms with E-state index in [0.29, 0.717) is 11.4 Å². The van der Waals surface area contributed by atoms with Crippen LogP contribution in [0.3, 0.4) is 0 Å². The monoisotopic (exact) mass is 352 g/mol. The molecule has 1 amide bonds. The van der Waals surface area contributed by atoms with E-state index in [0.717, 1.165) is 31.2 Å². The summed E-state index contributed by atoms with van der Waals surface area (Å²) in [6, 6.07) is 5.53. The van der Waals surface area contributed by atoms with Crippen LogP contribution in [0, 0.1) is 0 Å². The second kappa shape index (κ2) is 8.12. The number of rotatable bonds is 7.